The second-order valence-corrected chi connectivity index (χ2v) is 3.23. The molecule has 2 nitrogen and oxygen atoms in total. The molecule has 1 heterocycles. The van der Waals surface area contributed by atoms with Gasteiger partial charge in [0.2, 0.25) is 0 Å². The fourth-order valence-electron chi connectivity index (χ4n) is 1.36. The first-order valence-electron chi connectivity index (χ1n) is 5.77. The van der Waals surface area contributed by atoms with Crippen molar-refractivity contribution in [3.63, 3.8) is 0 Å². The minimum atomic E-state index is 0.912. The first-order valence-corrected chi connectivity index (χ1v) is 5.77. The average Bonchev–Trinajstić information content (AvgIpc) is 2.73. The van der Waals surface area contributed by atoms with Crippen LogP contribution in [-0.4, -0.2) is 30.9 Å². The van der Waals surface area contributed by atoms with E-state index in [1.165, 1.54) is 5.57 Å². The summed E-state index contributed by atoms with van der Waals surface area (Å²) in [5.74, 6) is 6.79. The van der Waals surface area contributed by atoms with Crippen molar-refractivity contribution in [1.82, 2.24) is 4.90 Å². The van der Waals surface area contributed by atoms with E-state index in [2.05, 4.69) is 35.7 Å². The number of aliphatic imine (C=N–C) groups is 1. The van der Waals surface area contributed by atoms with Crippen LogP contribution in [0.2, 0.25) is 0 Å². The molecule has 0 spiro atoms. The molecule has 0 aromatic heterocycles. The number of allylic oxidation sites excluding steroid dienone is 3. The summed E-state index contributed by atoms with van der Waals surface area (Å²) in [6.45, 7) is 9.84. The van der Waals surface area contributed by atoms with E-state index in [9.17, 15) is 0 Å². The predicted molar refractivity (Wildman–Crippen MR) is 72.6 cm³/mol. The third-order valence-electron chi connectivity index (χ3n) is 2.08. The Hall–Kier alpha value is -1.49. The van der Waals surface area contributed by atoms with Crippen molar-refractivity contribution >= 4 is 5.84 Å². The van der Waals surface area contributed by atoms with Crippen LogP contribution in [0.15, 0.2) is 28.8 Å². The molecule has 0 aliphatic carbocycles. The van der Waals surface area contributed by atoms with Gasteiger partial charge in [0.1, 0.15) is 5.84 Å². The summed E-state index contributed by atoms with van der Waals surface area (Å²) in [6.07, 6.45) is 5.85. The summed E-state index contributed by atoms with van der Waals surface area (Å²) in [5.41, 5.74) is 1.19. The van der Waals surface area contributed by atoms with Crippen LogP contribution >= 0.6 is 0 Å². The molecule has 0 atom stereocenters. The van der Waals surface area contributed by atoms with Crippen molar-refractivity contribution in [2.24, 2.45) is 4.99 Å². The van der Waals surface area contributed by atoms with Crippen LogP contribution in [0.25, 0.3) is 0 Å². The van der Waals surface area contributed by atoms with Crippen LogP contribution in [0.5, 0.6) is 0 Å². The molecule has 1 aliphatic heterocycles. The van der Waals surface area contributed by atoms with E-state index in [1.807, 2.05) is 39.0 Å². The molecule has 0 radical (unpaired) electrons. The highest BCUT2D eigenvalue weighted by atomic mass is 15.2. The molecule has 16 heavy (non-hydrogen) atoms. The van der Waals surface area contributed by atoms with Gasteiger partial charge in [-0.15, -0.1) is 5.92 Å². The van der Waals surface area contributed by atoms with Gasteiger partial charge in [0.15, 0.2) is 0 Å². The summed E-state index contributed by atoms with van der Waals surface area (Å²) in [4.78, 5) is 6.59. The maximum absolute atomic E-state index is 4.42. The van der Waals surface area contributed by atoms with Crippen molar-refractivity contribution in [2.75, 3.05) is 20.1 Å². The molecule has 0 saturated carbocycles. The number of hydrogen-bond acceptors (Lipinski definition) is 2. The Balaban J connectivity index is 0.00000106. The molecule has 88 valence electrons. The van der Waals surface area contributed by atoms with Gasteiger partial charge in [-0.1, -0.05) is 31.9 Å². The van der Waals surface area contributed by atoms with Crippen LogP contribution in [-0.2, 0) is 0 Å². The predicted octanol–water partition coefficient (Wildman–Crippen LogP) is 2.88. The summed E-state index contributed by atoms with van der Waals surface area (Å²) in [5, 5.41) is 0. The lowest BCUT2D eigenvalue weighted by molar-refractivity contribution is 0.556. The monoisotopic (exact) mass is 218 g/mol. The van der Waals surface area contributed by atoms with Gasteiger partial charge in [-0.25, -0.2) is 0 Å². The van der Waals surface area contributed by atoms with Crippen LogP contribution in [0, 0.1) is 11.8 Å². The summed E-state index contributed by atoms with van der Waals surface area (Å²) in [7, 11) is 2.07. The quantitative estimate of drug-likeness (QED) is 0.514. The molecule has 0 aromatic carbocycles. The highest BCUT2D eigenvalue weighted by Crippen LogP contribution is 2.07. The van der Waals surface area contributed by atoms with E-state index in [4.69, 9.17) is 0 Å². The van der Waals surface area contributed by atoms with E-state index in [0.717, 1.165) is 18.9 Å². The lowest BCUT2D eigenvalue weighted by Crippen LogP contribution is -2.23. The smallest absolute Gasteiger partial charge is 0.126 e. The fraction of sp³-hybridized carbons (Fsp3) is 0.500. The first-order chi connectivity index (χ1) is 7.75. The number of amidine groups is 1. The Labute approximate surface area is 99.8 Å². The Morgan fingerprint density at radius 1 is 1.44 bits per heavy atom. The van der Waals surface area contributed by atoms with E-state index in [-0.39, 0.29) is 0 Å². The molecule has 1 rings (SSSR count). The third-order valence-corrected chi connectivity index (χ3v) is 2.08. The summed E-state index contributed by atoms with van der Waals surface area (Å²) in [6, 6.07) is 0. The zero-order chi connectivity index (χ0) is 12.4. The minimum Gasteiger partial charge on any atom is -0.358 e. The first kappa shape index (κ1) is 14.5. The Morgan fingerprint density at radius 3 is 2.62 bits per heavy atom. The minimum absolute atomic E-state index is 0.912. The highest BCUT2D eigenvalue weighted by molar-refractivity contribution is 5.98. The molecule has 0 unspecified atom stereocenters. The van der Waals surface area contributed by atoms with Crippen LogP contribution < -0.4 is 0 Å². The van der Waals surface area contributed by atoms with E-state index >= 15 is 0 Å². The molecule has 1 aliphatic rings. The van der Waals surface area contributed by atoms with Gasteiger partial charge in [-0.05, 0) is 25.5 Å². The average molecular weight is 218 g/mol. The molecule has 0 amide bonds. The maximum atomic E-state index is 4.42. The largest absolute Gasteiger partial charge is 0.358 e. The number of rotatable bonds is 2. The molecule has 0 fully saturated rings. The van der Waals surface area contributed by atoms with Crippen molar-refractivity contribution in [3.05, 3.63) is 23.8 Å². The van der Waals surface area contributed by atoms with Crippen molar-refractivity contribution in [2.45, 2.75) is 27.7 Å². The molecule has 0 bridgehead atoms. The fourth-order valence-corrected chi connectivity index (χ4v) is 1.36. The van der Waals surface area contributed by atoms with E-state index < -0.39 is 0 Å². The van der Waals surface area contributed by atoms with Gasteiger partial charge in [-0.2, -0.15) is 0 Å². The Bertz CT molecular complexity index is 337. The van der Waals surface area contributed by atoms with E-state index in [1.54, 1.807) is 0 Å². The zero-order valence-corrected chi connectivity index (χ0v) is 11.0. The van der Waals surface area contributed by atoms with Crippen molar-refractivity contribution in [3.8, 4) is 11.8 Å². The second kappa shape index (κ2) is 8.79. The third kappa shape index (κ3) is 4.84. The van der Waals surface area contributed by atoms with Crippen LogP contribution in [0.4, 0.5) is 0 Å². The number of hydrogen-bond donors (Lipinski definition) is 0. The normalized spacial score (nSPS) is 15.2. The number of nitrogens with zero attached hydrogens (tertiary/aromatic N) is 2. The molecule has 0 aromatic rings. The molecular formula is C14H22N2. The molecule has 2 heteroatoms. The summed E-state index contributed by atoms with van der Waals surface area (Å²) < 4.78 is 0. The van der Waals surface area contributed by atoms with Crippen LogP contribution in [0.3, 0.4) is 0 Å². The van der Waals surface area contributed by atoms with Crippen LogP contribution in [0.1, 0.15) is 27.7 Å². The van der Waals surface area contributed by atoms with Gasteiger partial charge in [0.05, 0.1) is 6.54 Å². The SMILES string of the molecule is CC.CC#C/C=C\C=C(/C)C1=NCCN1C. The zero-order valence-electron chi connectivity index (χ0n) is 11.0. The molecule has 0 N–H and O–H groups in total. The lowest BCUT2D eigenvalue weighted by atomic mass is 10.2. The van der Waals surface area contributed by atoms with Gasteiger partial charge in [0.25, 0.3) is 0 Å². The molecule has 0 saturated heterocycles. The Kier molecular flexibility index (Phi) is 7.97. The highest BCUT2D eigenvalue weighted by Gasteiger charge is 2.12. The Morgan fingerprint density at radius 2 is 2.12 bits per heavy atom. The van der Waals surface area contributed by atoms with Gasteiger partial charge >= 0.3 is 0 Å². The van der Waals surface area contributed by atoms with Gasteiger partial charge in [-0.3, -0.25) is 4.99 Å². The van der Waals surface area contributed by atoms with Crippen molar-refractivity contribution < 1.29 is 0 Å². The maximum Gasteiger partial charge on any atom is 0.126 e. The second-order valence-electron chi connectivity index (χ2n) is 3.23. The molecular weight excluding hydrogens is 196 g/mol. The van der Waals surface area contributed by atoms with E-state index in [0.29, 0.717) is 0 Å². The lowest BCUT2D eigenvalue weighted by Gasteiger charge is -2.13. The number of likely N-dealkylation sites (N-methyl/N-ethyl adjacent to an activating group) is 1. The summed E-state index contributed by atoms with van der Waals surface area (Å²) >= 11 is 0. The standard InChI is InChI=1S/C12H16N2.C2H6/c1-4-5-6-7-8-11(2)12-13-9-10-14(12)3;1-2/h6-8H,9-10H2,1-3H3;1-2H3/b7-6-,11-8+;. The van der Waals surface area contributed by atoms with Gasteiger partial charge < -0.3 is 4.90 Å². The van der Waals surface area contributed by atoms with Gasteiger partial charge in [0, 0.05) is 13.6 Å². The van der Waals surface area contributed by atoms with Crippen molar-refractivity contribution in [1.29, 1.82) is 0 Å². The topological polar surface area (TPSA) is 15.6 Å².